The molecule has 0 unspecified atom stereocenters. The molecule has 0 saturated heterocycles. The second-order valence-electron chi connectivity index (χ2n) is 6.16. The van der Waals surface area contributed by atoms with Crippen molar-refractivity contribution in [1.29, 1.82) is 0 Å². The summed E-state index contributed by atoms with van der Waals surface area (Å²) in [7, 11) is 4.49. The minimum atomic E-state index is -2.96. The largest absolute Gasteiger partial charge is 0.493 e. The Morgan fingerprint density at radius 2 is 1.79 bits per heavy atom. The molecule has 9 heteroatoms. The van der Waals surface area contributed by atoms with Crippen LogP contribution < -0.4 is 20.1 Å². The maximum Gasteiger partial charge on any atom is 0.387 e. The second-order valence-corrected chi connectivity index (χ2v) is 6.16. The summed E-state index contributed by atoms with van der Waals surface area (Å²) in [5, 5.41) is 4.64. The van der Waals surface area contributed by atoms with E-state index in [0.29, 0.717) is 11.1 Å². The molecule has 7 nitrogen and oxygen atoms in total. The molecule has 0 spiro atoms. The summed E-state index contributed by atoms with van der Waals surface area (Å²) < 4.78 is 34.5. The van der Waals surface area contributed by atoms with E-state index >= 15 is 0 Å². The average molecular weight is 407 g/mol. The molecule has 0 saturated carbocycles. The molecule has 0 aliphatic carbocycles. The maximum absolute atomic E-state index is 12.7. The lowest BCUT2D eigenvalue weighted by Crippen LogP contribution is -2.44. The van der Waals surface area contributed by atoms with Gasteiger partial charge in [-0.15, -0.1) is 0 Å². The number of nitrogens with zero attached hydrogens (tertiary/aromatic N) is 1. The van der Waals surface area contributed by atoms with Crippen LogP contribution in [0.2, 0.25) is 0 Å². The van der Waals surface area contributed by atoms with E-state index in [1.807, 2.05) is 6.07 Å². The molecule has 29 heavy (non-hydrogen) atoms. The number of amides is 3. The highest BCUT2D eigenvalue weighted by atomic mass is 19.3. The van der Waals surface area contributed by atoms with E-state index in [2.05, 4.69) is 15.4 Å². The molecule has 0 aliphatic heterocycles. The fraction of sp³-hybridized carbons (Fsp3) is 0.300. The van der Waals surface area contributed by atoms with Gasteiger partial charge >= 0.3 is 12.6 Å². The first kappa shape index (κ1) is 22.1. The van der Waals surface area contributed by atoms with Crippen molar-refractivity contribution in [1.82, 2.24) is 15.5 Å². The second kappa shape index (κ2) is 10.4. The summed E-state index contributed by atoms with van der Waals surface area (Å²) >= 11 is 0. The topological polar surface area (TPSA) is 79.9 Å². The van der Waals surface area contributed by atoms with Gasteiger partial charge in [-0.3, -0.25) is 15.0 Å². The van der Waals surface area contributed by atoms with Gasteiger partial charge in [0.05, 0.1) is 7.11 Å². The number of imide groups is 1. The zero-order chi connectivity index (χ0) is 21.4. The van der Waals surface area contributed by atoms with Crippen molar-refractivity contribution in [2.75, 3.05) is 21.2 Å². The summed E-state index contributed by atoms with van der Waals surface area (Å²) in [4.78, 5) is 26.0. The average Bonchev–Trinajstić information content (AvgIpc) is 2.69. The Morgan fingerprint density at radius 1 is 1.10 bits per heavy atom. The first-order valence-corrected chi connectivity index (χ1v) is 8.75. The van der Waals surface area contributed by atoms with Gasteiger partial charge < -0.3 is 14.8 Å². The lowest BCUT2D eigenvalue weighted by atomic mass is 10.0. The Bertz CT molecular complexity index is 834. The van der Waals surface area contributed by atoms with Gasteiger partial charge in [-0.05, 0) is 30.3 Å². The quantitative estimate of drug-likeness (QED) is 0.704. The van der Waals surface area contributed by atoms with Crippen LogP contribution in [-0.4, -0.2) is 44.7 Å². The number of nitrogens with one attached hydrogen (secondary N) is 2. The van der Waals surface area contributed by atoms with E-state index < -0.39 is 24.6 Å². The van der Waals surface area contributed by atoms with Crippen molar-refractivity contribution >= 4 is 11.9 Å². The van der Waals surface area contributed by atoms with Gasteiger partial charge in [0, 0.05) is 13.6 Å². The Balaban J connectivity index is 2.26. The van der Waals surface area contributed by atoms with Gasteiger partial charge in [-0.1, -0.05) is 36.4 Å². The van der Waals surface area contributed by atoms with E-state index in [0.717, 1.165) is 0 Å². The van der Waals surface area contributed by atoms with Crippen molar-refractivity contribution in [2.45, 2.75) is 19.2 Å². The number of urea groups is 1. The van der Waals surface area contributed by atoms with Crippen molar-refractivity contribution in [2.24, 2.45) is 0 Å². The van der Waals surface area contributed by atoms with Crippen LogP contribution in [0.25, 0.3) is 0 Å². The molecule has 0 radical (unpaired) electrons. The molecule has 2 rings (SSSR count). The number of methoxy groups -OCH3 is 1. The molecule has 3 amide bonds. The molecular formula is C20H23F2N3O4. The van der Waals surface area contributed by atoms with Crippen LogP contribution in [-0.2, 0) is 11.3 Å². The summed E-state index contributed by atoms with van der Waals surface area (Å²) in [5.74, 6) is -0.421. The van der Waals surface area contributed by atoms with E-state index in [1.54, 1.807) is 48.3 Å². The zero-order valence-electron chi connectivity index (χ0n) is 16.3. The summed E-state index contributed by atoms with van der Waals surface area (Å²) in [6, 6.07) is 12.2. The minimum absolute atomic E-state index is 0.0779. The number of carbonyl (C=O) groups is 2. The number of hydrogen-bond acceptors (Lipinski definition) is 5. The molecule has 2 aromatic rings. The summed E-state index contributed by atoms with van der Waals surface area (Å²) in [5.41, 5.74) is 1.40. The van der Waals surface area contributed by atoms with Crippen molar-refractivity contribution < 1.29 is 27.8 Å². The first-order valence-electron chi connectivity index (χ1n) is 8.75. The highest BCUT2D eigenvalue weighted by Gasteiger charge is 2.26. The number of alkyl halides is 2. The van der Waals surface area contributed by atoms with Gasteiger partial charge in [-0.25, -0.2) is 4.79 Å². The number of likely N-dealkylation sites (N-methyl/N-ethyl adjacent to an activating group) is 1. The monoisotopic (exact) mass is 407 g/mol. The third-order valence-corrected chi connectivity index (χ3v) is 4.14. The molecule has 0 fully saturated rings. The van der Waals surface area contributed by atoms with E-state index in [4.69, 9.17) is 4.74 Å². The van der Waals surface area contributed by atoms with Crippen LogP contribution in [0, 0.1) is 0 Å². The van der Waals surface area contributed by atoms with Crippen molar-refractivity contribution in [3.05, 3.63) is 59.7 Å². The Hall–Kier alpha value is -3.20. The molecule has 0 bridgehead atoms. The molecular weight excluding hydrogens is 384 g/mol. The fourth-order valence-electron chi connectivity index (χ4n) is 2.87. The molecule has 0 aromatic heterocycles. The first-order chi connectivity index (χ1) is 13.8. The Morgan fingerprint density at radius 3 is 2.38 bits per heavy atom. The smallest absolute Gasteiger partial charge is 0.387 e. The van der Waals surface area contributed by atoms with Gasteiger partial charge in [0.25, 0.3) is 0 Å². The van der Waals surface area contributed by atoms with Crippen LogP contribution in [0.4, 0.5) is 13.6 Å². The number of carbonyl (C=O) groups excluding carboxylic acids is 2. The third kappa shape index (κ3) is 6.15. The van der Waals surface area contributed by atoms with Crippen LogP contribution in [0.15, 0.2) is 48.5 Å². The highest BCUT2D eigenvalue weighted by molar-refractivity contribution is 5.97. The van der Waals surface area contributed by atoms with E-state index in [9.17, 15) is 18.4 Å². The SMILES string of the molecule is CNC(=O)NC(=O)[C@H](c1ccccc1)N(C)Cc1ccc(OC(F)F)c(OC)c1. The summed E-state index contributed by atoms with van der Waals surface area (Å²) in [6.45, 7) is -2.68. The predicted molar refractivity (Wildman–Crippen MR) is 103 cm³/mol. The predicted octanol–water partition coefficient (Wildman–Crippen LogP) is 2.93. The van der Waals surface area contributed by atoms with Gasteiger partial charge in [0.1, 0.15) is 6.04 Å². The van der Waals surface area contributed by atoms with E-state index in [1.165, 1.54) is 20.2 Å². The number of halogens is 2. The minimum Gasteiger partial charge on any atom is -0.493 e. The lowest BCUT2D eigenvalue weighted by molar-refractivity contribution is -0.125. The third-order valence-electron chi connectivity index (χ3n) is 4.14. The molecule has 1 atom stereocenters. The molecule has 0 aliphatic rings. The van der Waals surface area contributed by atoms with Gasteiger partial charge in [-0.2, -0.15) is 8.78 Å². The lowest BCUT2D eigenvalue weighted by Gasteiger charge is -2.27. The molecule has 156 valence electrons. The van der Waals surface area contributed by atoms with Crippen LogP contribution >= 0.6 is 0 Å². The Kier molecular flexibility index (Phi) is 7.90. The fourth-order valence-corrected chi connectivity index (χ4v) is 2.87. The normalized spacial score (nSPS) is 11.8. The number of ether oxygens (including phenoxy) is 2. The van der Waals surface area contributed by atoms with Crippen LogP contribution in [0.5, 0.6) is 11.5 Å². The number of rotatable bonds is 8. The van der Waals surface area contributed by atoms with Gasteiger partial charge in [0.15, 0.2) is 11.5 Å². The van der Waals surface area contributed by atoms with Crippen molar-refractivity contribution in [3.8, 4) is 11.5 Å². The molecule has 2 aromatic carbocycles. The standard InChI is InChI=1S/C20H23F2N3O4/c1-23-20(27)24-18(26)17(14-7-5-4-6-8-14)25(2)12-13-9-10-15(29-19(21)22)16(11-13)28-3/h4-11,17,19H,12H2,1-3H3,(H2,23,24,26,27)/t17-/m0/s1. The number of hydrogen-bond donors (Lipinski definition) is 2. The zero-order valence-corrected chi connectivity index (χ0v) is 16.3. The maximum atomic E-state index is 12.7. The van der Waals surface area contributed by atoms with E-state index in [-0.39, 0.29) is 18.0 Å². The van der Waals surface area contributed by atoms with Crippen LogP contribution in [0.3, 0.4) is 0 Å². The molecule has 0 heterocycles. The van der Waals surface area contributed by atoms with Gasteiger partial charge in [0.2, 0.25) is 5.91 Å². The number of benzene rings is 2. The highest BCUT2D eigenvalue weighted by Crippen LogP contribution is 2.31. The summed E-state index contributed by atoms with van der Waals surface area (Å²) in [6.07, 6.45) is 0. The van der Waals surface area contributed by atoms with Crippen molar-refractivity contribution in [3.63, 3.8) is 0 Å². The molecule has 2 N–H and O–H groups in total. The Labute approximate surface area is 167 Å². The van der Waals surface area contributed by atoms with Crippen LogP contribution in [0.1, 0.15) is 17.2 Å².